The molecule has 2 aromatic carbocycles. The Morgan fingerprint density at radius 2 is 1.20 bits per heavy atom. The van der Waals surface area contributed by atoms with Gasteiger partial charge in [-0.25, -0.2) is 4.79 Å². The summed E-state index contributed by atoms with van der Waals surface area (Å²) < 4.78 is 0. The van der Waals surface area contributed by atoms with Gasteiger partial charge in [0.1, 0.15) is 36.0 Å². The van der Waals surface area contributed by atoms with Crippen LogP contribution in [-0.4, -0.2) is 101 Å². The Morgan fingerprint density at radius 1 is 0.648 bits per heavy atom. The van der Waals surface area contributed by atoms with E-state index in [4.69, 9.17) is 11.5 Å². The molecular weight excluding hydrogens is 700 g/mol. The fraction of sp³-hybridized carbons (Fsp3) is 0.486. The SMILES string of the molecule is CC(C)[C@H](NC(=O)CNC(=O)[C@@H](N)Cc1ccc(O)cc1)C(=O)N[C@@H](C)C(=O)N[C@@H](C)C(=O)N[C@@H](Cc1ccccc1)C(=O)N[C@@H](CCCCN)C(=O)O. The first kappa shape index (κ1) is 44.6. The molecular formula is C37H54N8O9. The van der Waals surface area contributed by atoms with Crippen LogP contribution in [0, 0.1) is 5.92 Å². The number of rotatable bonds is 22. The van der Waals surface area contributed by atoms with Crippen molar-refractivity contribution < 1.29 is 43.8 Å². The fourth-order valence-electron chi connectivity index (χ4n) is 5.19. The third kappa shape index (κ3) is 15.6. The number of carboxylic acids is 1. The second-order valence-corrected chi connectivity index (χ2v) is 13.4. The number of phenols is 1. The predicted octanol–water partition coefficient (Wildman–Crippen LogP) is -1.05. The number of carboxylic acid groups (broad SMARTS) is 1. The molecule has 0 aliphatic heterocycles. The molecule has 0 saturated heterocycles. The number of phenolic OH excluding ortho intramolecular Hbond substituents is 1. The Balaban J connectivity index is 1.96. The third-order valence-electron chi connectivity index (χ3n) is 8.40. The maximum atomic E-state index is 13.3. The lowest BCUT2D eigenvalue weighted by molar-refractivity contribution is -0.142. The quantitative estimate of drug-likeness (QED) is 0.0648. The molecule has 0 aliphatic carbocycles. The van der Waals surface area contributed by atoms with Crippen LogP contribution in [0.1, 0.15) is 58.1 Å². The topological polar surface area (TPSA) is 284 Å². The van der Waals surface area contributed by atoms with Crippen LogP contribution >= 0.6 is 0 Å². The van der Waals surface area contributed by atoms with Crippen LogP contribution in [0.2, 0.25) is 0 Å². The molecule has 2 aromatic rings. The minimum absolute atomic E-state index is 0.0410. The van der Waals surface area contributed by atoms with Gasteiger partial charge in [0.05, 0.1) is 12.6 Å². The number of carbonyl (C=O) groups excluding carboxylic acids is 6. The maximum absolute atomic E-state index is 13.3. The van der Waals surface area contributed by atoms with E-state index in [2.05, 4.69) is 31.9 Å². The molecule has 6 amide bonds. The first-order chi connectivity index (χ1) is 25.5. The molecule has 0 aromatic heterocycles. The third-order valence-corrected chi connectivity index (χ3v) is 8.40. The van der Waals surface area contributed by atoms with Gasteiger partial charge in [-0.2, -0.15) is 0 Å². The predicted molar refractivity (Wildman–Crippen MR) is 199 cm³/mol. The summed E-state index contributed by atoms with van der Waals surface area (Å²) >= 11 is 0. The lowest BCUT2D eigenvalue weighted by atomic mass is 10.0. The molecule has 0 spiro atoms. The van der Waals surface area contributed by atoms with Gasteiger partial charge in [0.15, 0.2) is 0 Å². The number of nitrogens with one attached hydrogen (secondary N) is 6. The summed E-state index contributed by atoms with van der Waals surface area (Å²) in [5, 5.41) is 34.1. The number of hydrogen-bond acceptors (Lipinski definition) is 10. The van der Waals surface area contributed by atoms with Gasteiger partial charge in [-0.15, -0.1) is 0 Å². The highest BCUT2D eigenvalue weighted by atomic mass is 16.4. The van der Waals surface area contributed by atoms with Crippen LogP contribution < -0.4 is 43.4 Å². The number of carbonyl (C=O) groups is 7. The van der Waals surface area contributed by atoms with Crippen molar-refractivity contribution in [2.45, 2.75) is 96.1 Å². The Bertz CT molecular complexity index is 1570. The van der Waals surface area contributed by atoms with Gasteiger partial charge in [0.2, 0.25) is 35.4 Å². The Hall–Kier alpha value is -5.55. The van der Waals surface area contributed by atoms with E-state index in [1.807, 2.05) is 0 Å². The molecule has 0 heterocycles. The Morgan fingerprint density at radius 3 is 1.78 bits per heavy atom. The van der Waals surface area contributed by atoms with Crippen LogP contribution in [0.15, 0.2) is 54.6 Å². The summed E-state index contributed by atoms with van der Waals surface area (Å²) in [6.07, 6.45) is 1.41. The molecule has 2 rings (SSSR count). The minimum atomic E-state index is -1.23. The van der Waals surface area contributed by atoms with Crippen LogP contribution in [0.25, 0.3) is 0 Å². The van der Waals surface area contributed by atoms with Crippen LogP contribution in [0.4, 0.5) is 0 Å². The molecule has 17 nitrogen and oxygen atoms in total. The molecule has 0 aliphatic rings. The van der Waals surface area contributed by atoms with Gasteiger partial charge < -0.3 is 53.6 Å². The number of hydrogen-bond donors (Lipinski definition) is 10. The van der Waals surface area contributed by atoms with Gasteiger partial charge in [-0.3, -0.25) is 28.8 Å². The molecule has 6 atom stereocenters. The largest absolute Gasteiger partial charge is 0.508 e. The van der Waals surface area contributed by atoms with Crippen LogP contribution in [0.5, 0.6) is 5.75 Å². The molecule has 17 heteroatoms. The molecule has 0 bridgehead atoms. The first-order valence-electron chi connectivity index (χ1n) is 17.8. The molecule has 0 radical (unpaired) electrons. The van der Waals surface area contributed by atoms with Crippen molar-refractivity contribution >= 4 is 41.4 Å². The van der Waals surface area contributed by atoms with E-state index in [1.165, 1.54) is 26.0 Å². The summed E-state index contributed by atoms with van der Waals surface area (Å²) in [5.74, 6) is -5.71. The summed E-state index contributed by atoms with van der Waals surface area (Å²) in [5.41, 5.74) is 12.9. The fourth-order valence-corrected chi connectivity index (χ4v) is 5.19. The number of benzene rings is 2. The summed E-state index contributed by atoms with van der Waals surface area (Å²) in [4.78, 5) is 89.6. The normalized spacial score (nSPS) is 14.3. The smallest absolute Gasteiger partial charge is 0.326 e. The van der Waals surface area contributed by atoms with Crippen molar-refractivity contribution in [2.75, 3.05) is 13.1 Å². The molecule has 296 valence electrons. The number of amides is 6. The molecule has 12 N–H and O–H groups in total. The van der Waals surface area contributed by atoms with E-state index in [-0.39, 0.29) is 25.0 Å². The average molecular weight is 755 g/mol. The second-order valence-electron chi connectivity index (χ2n) is 13.4. The van der Waals surface area contributed by atoms with E-state index in [9.17, 15) is 43.8 Å². The summed E-state index contributed by atoms with van der Waals surface area (Å²) in [6.45, 7) is 6.03. The monoisotopic (exact) mass is 754 g/mol. The van der Waals surface area contributed by atoms with Crippen molar-refractivity contribution in [1.82, 2.24) is 31.9 Å². The van der Waals surface area contributed by atoms with Gasteiger partial charge in [0.25, 0.3) is 0 Å². The maximum Gasteiger partial charge on any atom is 0.326 e. The Labute approximate surface area is 314 Å². The highest BCUT2D eigenvalue weighted by Crippen LogP contribution is 2.11. The van der Waals surface area contributed by atoms with Crippen LogP contribution in [-0.2, 0) is 46.4 Å². The van der Waals surface area contributed by atoms with Crippen molar-refractivity contribution in [1.29, 1.82) is 0 Å². The zero-order chi connectivity index (χ0) is 40.4. The van der Waals surface area contributed by atoms with E-state index in [1.54, 1.807) is 56.3 Å². The highest BCUT2D eigenvalue weighted by molar-refractivity contribution is 5.96. The van der Waals surface area contributed by atoms with Crippen LogP contribution in [0.3, 0.4) is 0 Å². The average Bonchev–Trinajstić information content (AvgIpc) is 3.12. The van der Waals surface area contributed by atoms with Gasteiger partial charge >= 0.3 is 5.97 Å². The summed E-state index contributed by atoms with van der Waals surface area (Å²) in [6, 6.07) is 8.20. The first-order valence-corrected chi connectivity index (χ1v) is 17.8. The molecule has 0 saturated carbocycles. The Kier molecular flexibility index (Phi) is 18.6. The van der Waals surface area contributed by atoms with Crippen molar-refractivity contribution in [2.24, 2.45) is 17.4 Å². The van der Waals surface area contributed by atoms with E-state index in [0.717, 1.165) is 0 Å². The molecule has 0 fully saturated rings. The molecule has 54 heavy (non-hydrogen) atoms. The van der Waals surface area contributed by atoms with Crippen molar-refractivity contribution in [3.05, 3.63) is 65.7 Å². The zero-order valence-electron chi connectivity index (χ0n) is 31.1. The standard InChI is InChI=1S/C37H54N8O9/c1-21(2)31(45-30(47)20-40-34(50)27(39)18-25-13-15-26(46)16-14-25)36(52)42-22(3)32(48)41-23(4)33(49)44-29(19-24-10-6-5-7-11-24)35(51)43-28(37(53)54)12-8-9-17-38/h5-7,10-11,13-16,21-23,27-29,31,46H,8-9,12,17-20,38-39H2,1-4H3,(H,40,50)(H,41,48)(H,42,52)(H,43,51)(H,44,49)(H,45,47)(H,53,54)/t22-,23-,27-,28-,29-,31-/m0/s1. The minimum Gasteiger partial charge on any atom is -0.508 e. The van der Waals surface area contributed by atoms with Gasteiger partial charge in [-0.05, 0) is 75.3 Å². The lowest BCUT2D eigenvalue weighted by Crippen LogP contribution is -2.58. The van der Waals surface area contributed by atoms with Gasteiger partial charge in [0, 0.05) is 6.42 Å². The highest BCUT2D eigenvalue weighted by Gasteiger charge is 2.31. The summed E-state index contributed by atoms with van der Waals surface area (Å²) in [7, 11) is 0. The number of aromatic hydroxyl groups is 1. The number of unbranched alkanes of at least 4 members (excludes halogenated alkanes) is 1. The van der Waals surface area contributed by atoms with E-state index in [0.29, 0.717) is 30.5 Å². The number of nitrogens with two attached hydrogens (primary N) is 2. The van der Waals surface area contributed by atoms with Crippen molar-refractivity contribution in [3.8, 4) is 5.75 Å². The lowest BCUT2D eigenvalue weighted by Gasteiger charge is -2.25. The molecule has 0 unspecified atom stereocenters. The van der Waals surface area contributed by atoms with E-state index >= 15 is 0 Å². The van der Waals surface area contributed by atoms with E-state index < -0.39 is 90.1 Å². The van der Waals surface area contributed by atoms with Crippen molar-refractivity contribution in [3.63, 3.8) is 0 Å². The number of aliphatic carboxylic acids is 1. The second kappa shape index (κ2) is 22.5. The zero-order valence-corrected chi connectivity index (χ0v) is 31.1. The van der Waals surface area contributed by atoms with Gasteiger partial charge in [-0.1, -0.05) is 56.3 Å².